The third-order valence-corrected chi connectivity index (χ3v) is 9.63. The highest BCUT2D eigenvalue weighted by molar-refractivity contribution is 7.89. The number of aromatic nitrogens is 1. The Kier molecular flexibility index (Phi) is 8.18. The smallest absolute Gasteiger partial charge is 0.243 e. The van der Waals surface area contributed by atoms with Crippen molar-refractivity contribution in [3.63, 3.8) is 0 Å². The first-order chi connectivity index (χ1) is 18.3. The molecule has 3 aromatic rings. The second kappa shape index (κ2) is 11.6. The molecule has 8 nitrogen and oxygen atoms in total. The van der Waals surface area contributed by atoms with Crippen molar-refractivity contribution in [1.82, 2.24) is 19.9 Å². The van der Waals surface area contributed by atoms with Gasteiger partial charge in [-0.15, -0.1) is 0 Å². The molecule has 2 fully saturated rings. The van der Waals surface area contributed by atoms with Crippen LogP contribution in [0.15, 0.2) is 53.4 Å². The average molecular weight is 557 g/mol. The van der Waals surface area contributed by atoms with Crippen LogP contribution in [0.2, 0.25) is 5.02 Å². The zero-order valence-corrected chi connectivity index (χ0v) is 23.0. The SMILES string of the molecule is Cc1ccc2cccc(OCc3cc(S(=O)(=O)N4CCC[C@H]4C(=O)NCC4CCNCC4)ccc3Cl)c2n1. The molecule has 1 aromatic heterocycles. The van der Waals surface area contributed by atoms with Crippen LogP contribution in [-0.4, -0.2) is 55.8 Å². The number of nitrogens with one attached hydrogen (secondary N) is 2. The largest absolute Gasteiger partial charge is 0.487 e. The summed E-state index contributed by atoms with van der Waals surface area (Å²) in [6.07, 6.45) is 3.17. The lowest BCUT2D eigenvalue weighted by molar-refractivity contribution is -0.124. The zero-order valence-electron chi connectivity index (χ0n) is 21.5. The van der Waals surface area contributed by atoms with E-state index in [2.05, 4.69) is 15.6 Å². The summed E-state index contributed by atoms with van der Waals surface area (Å²) in [5.41, 5.74) is 2.16. The molecule has 3 heterocycles. The molecular formula is C28H33ClN4O4S. The minimum absolute atomic E-state index is 0.0804. The van der Waals surface area contributed by atoms with Gasteiger partial charge in [0.15, 0.2) is 0 Å². The van der Waals surface area contributed by atoms with Gasteiger partial charge in [-0.25, -0.2) is 13.4 Å². The van der Waals surface area contributed by atoms with Crippen molar-refractivity contribution < 1.29 is 17.9 Å². The second-order valence-corrected chi connectivity index (χ2v) is 12.3. The zero-order chi connectivity index (χ0) is 26.7. The van der Waals surface area contributed by atoms with Crippen molar-refractivity contribution in [1.29, 1.82) is 0 Å². The molecule has 202 valence electrons. The number of carbonyl (C=O) groups is 1. The number of para-hydroxylation sites is 1. The highest BCUT2D eigenvalue weighted by atomic mass is 35.5. The number of carbonyl (C=O) groups excluding carboxylic acids is 1. The van der Waals surface area contributed by atoms with E-state index in [1.54, 1.807) is 12.1 Å². The summed E-state index contributed by atoms with van der Waals surface area (Å²) in [7, 11) is -3.90. The van der Waals surface area contributed by atoms with E-state index >= 15 is 0 Å². The number of pyridine rings is 1. The van der Waals surface area contributed by atoms with Crippen molar-refractivity contribution in [2.24, 2.45) is 5.92 Å². The Labute approximate surface area is 228 Å². The number of fused-ring (bicyclic) bond motifs is 1. The Morgan fingerprint density at radius 1 is 1.16 bits per heavy atom. The van der Waals surface area contributed by atoms with E-state index in [1.807, 2.05) is 37.3 Å². The minimum Gasteiger partial charge on any atom is -0.487 e. The molecule has 0 radical (unpaired) electrons. The van der Waals surface area contributed by atoms with Gasteiger partial charge in [-0.3, -0.25) is 4.79 Å². The van der Waals surface area contributed by atoms with Crippen molar-refractivity contribution in [3.05, 3.63) is 64.8 Å². The van der Waals surface area contributed by atoms with Crippen molar-refractivity contribution >= 4 is 38.4 Å². The van der Waals surface area contributed by atoms with Gasteiger partial charge in [0.2, 0.25) is 15.9 Å². The number of ether oxygens (including phenoxy) is 1. The number of hydrogen-bond acceptors (Lipinski definition) is 6. The first-order valence-electron chi connectivity index (χ1n) is 13.1. The lowest BCUT2D eigenvalue weighted by Gasteiger charge is -2.26. The maximum atomic E-state index is 13.6. The van der Waals surface area contributed by atoms with Crippen LogP contribution in [0, 0.1) is 12.8 Å². The Hall–Kier alpha value is -2.72. The van der Waals surface area contributed by atoms with Gasteiger partial charge in [-0.2, -0.15) is 4.31 Å². The van der Waals surface area contributed by atoms with E-state index in [1.165, 1.54) is 10.4 Å². The highest BCUT2D eigenvalue weighted by Gasteiger charge is 2.39. The number of rotatable bonds is 8. The van der Waals surface area contributed by atoms with Gasteiger partial charge in [0.05, 0.1) is 4.90 Å². The molecule has 38 heavy (non-hydrogen) atoms. The highest BCUT2D eigenvalue weighted by Crippen LogP contribution is 2.30. The maximum Gasteiger partial charge on any atom is 0.243 e. The van der Waals surface area contributed by atoms with E-state index in [9.17, 15) is 13.2 Å². The fraction of sp³-hybridized carbons (Fsp3) is 0.429. The van der Waals surface area contributed by atoms with Crippen molar-refractivity contribution in [2.75, 3.05) is 26.2 Å². The van der Waals surface area contributed by atoms with E-state index < -0.39 is 16.1 Å². The Balaban J connectivity index is 1.31. The molecule has 1 atom stereocenters. The molecule has 0 saturated carbocycles. The third kappa shape index (κ3) is 5.81. The quantitative estimate of drug-likeness (QED) is 0.434. The number of nitrogens with zero attached hydrogens (tertiary/aromatic N) is 2. The molecule has 2 aliphatic rings. The van der Waals surface area contributed by atoms with Gasteiger partial charge in [0.25, 0.3) is 0 Å². The molecule has 0 unspecified atom stereocenters. The van der Waals surface area contributed by atoms with Gasteiger partial charge in [-0.1, -0.05) is 29.8 Å². The molecule has 2 saturated heterocycles. The van der Waals surface area contributed by atoms with Crippen molar-refractivity contribution in [2.45, 2.75) is 50.2 Å². The molecule has 0 aliphatic carbocycles. The molecule has 10 heteroatoms. The predicted molar refractivity (Wildman–Crippen MR) is 148 cm³/mol. The van der Waals surface area contributed by atoms with Gasteiger partial charge < -0.3 is 15.4 Å². The summed E-state index contributed by atoms with van der Waals surface area (Å²) < 4.78 is 34.7. The molecule has 2 N–H and O–H groups in total. The first kappa shape index (κ1) is 26.9. The van der Waals surface area contributed by atoms with Gasteiger partial charge >= 0.3 is 0 Å². The molecule has 0 spiro atoms. The van der Waals surface area contributed by atoms with E-state index in [4.69, 9.17) is 16.3 Å². The normalized spacial score (nSPS) is 19.1. The number of hydrogen-bond donors (Lipinski definition) is 2. The fourth-order valence-electron chi connectivity index (χ4n) is 5.19. The third-order valence-electron chi connectivity index (χ3n) is 7.36. The van der Waals surface area contributed by atoms with Crippen LogP contribution in [0.1, 0.15) is 36.9 Å². The number of sulfonamides is 1. The molecule has 2 aromatic carbocycles. The van der Waals surface area contributed by atoms with Gasteiger partial charge in [0, 0.05) is 34.8 Å². The summed E-state index contributed by atoms with van der Waals surface area (Å²) >= 11 is 6.44. The molecular weight excluding hydrogens is 524 g/mol. The van der Waals surface area contributed by atoms with Crippen LogP contribution in [0.4, 0.5) is 0 Å². The number of benzene rings is 2. The van der Waals surface area contributed by atoms with Crippen LogP contribution in [0.3, 0.4) is 0 Å². The van der Waals surface area contributed by atoms with Crippen molar-refractivity contribution in [3.8, 4) is 5.75 Å². The van der Waals surface area contributed by atoms with Gasteiger partial charge in [0.1, 0.15) is 23.9 Å². The average Bonchev–Trinajstić information content (AvgIpc) is 3.43. The lowest BCUT2D eigenvalue weighted by Crippen LogP contribution is -2.47. The van der Waals surface area contributed by atoms with Crippen LogP contribution >= 0.6 is 11.6 Å². The fourth-order valence-corrected chi connectivity index (χ4v) is 7.07. The maximum absolute atomic E-state index is 13.6. The first-order valence-corrected chi connectivity index (χ1v) is 14.9. The standard InChI is InChI=1S/C28H33ClN4O4S/c1-19-7-8-21-4-2-6-26(27(21)32-19)37-18-22-16-23(9-10-24(22)29)38(35,36)33-15-3-5-25(33)28(34)31-17-20-11-13-30-14-12-20/h2,4,6-10,16,20,25,30H,3,5,11-15,17-18H2,1H3,(H,31,34)/t25-/m0/s1. The van der Waals surface area contributed by atoms with E-state index in [-0.39, 0.29) is 17.4 Å². The Bertz CT molecular complexity index is 1430. The number of halogens is 1. The predicted octanol–water partition coefficient (Wildman–Crippen LogP) is 4.04. The summed E-state index contributed by atoms with van der Waals surface area (Å²) in [5, 5.41) is 7.68. The number of amides is 1. The summed E-state index contributed by atoms with van der Waals surface area (Å²) in [5.74, 6) is 0.799. The molecule has 2 aliphatic heterocycles. The summed E-state index contributed by atoms with van der Waals surface area (Å²) in [4.78, 5) is 17.7. The lowest BCUT2D eigenvalue weighted by atomic mass is 9.98. The van der Waals surface area contributed by atoms with E-state index in [0.29, 0.717) is 48.2 Å². The monoisotopic (exact) mass is 556 g/mol. The van der Waals surface area contributed by atoms with Crippen LogP contribution < -0.4 is 15.4 Å². The Morgan fingerprint density at radius 2 is 1.97 bits per heavy atom. The molecule has 0 bridgehead atoms. The number of piperidine rings is 1. The summed E-state index contributed by atoms with van der Waals surface area (Å²) in [6, 6.07) is 13.5. The van der Waals surface area contributed by atoms with Gasteiger partial charge in [-0.05, 0) is 81.9 Å². The number of aryl methyl sites for hydroxylation is 1. The Morgan fingerprint density at radius 3 is 2.79 bits per heavy atom. The second-order valence-electron chi connectivity index (χ2n) is 10.0. The van der Waals surface area contributed by atoms with Crippen LogP contribution in [0.25, 0.3) is 10.9 Å². The topological polar surface area (TPSA) is 101 Å². The molecule has 5 rings (SSSR count). The van der Waals surface area contributed by atoms with E-state index in [0.717, 1.165) is 42.5 Å². The minimum atomic E-state index is -3.90. The molecule has 1 amide bonds. The van der Waals surface area contributed by atoms with Crippen LogP contribution in [-0.2, 0) is 21.4 Å². The van der Waals surface area contributed by atoms with Crippen LogP contribution in [0.5, 0.6) is 5.75 Å². The summed E-state index contributed by atoms with van der Waals surface area (Å²) in [6.45, 7) is 4.78.